The summed E-state index contributed by atoms with van der Waals surface area (Å²) in [6.45, 7) is 0. The lowest BCUT2D eigenvalue weighted by molar-refractivity contribution is 0.102. The average Bonchev–Trinajstić information content (AvgIpc) is 3.08. The number of carbonyl (C=O) groups excluding carboxylic acids is 1. The minimum Gasteiger partial charge on any atom is -0.338 e. The maximum absolute atomic E-state index is 12.5. The predicted molar refractivity (Wildman–Crippen MR) is 109 cm³/mol. The van der Waals surface area contributed by atoms with Gasteiger partial charge in [0.05, 0.1) is 21.7 Å². The largest absolute Gasteiger partial charge is 0.338 e. The van der Waals surface area contributed by atoms with Gasteiger partial charge in [-0.3, -0.25) is 4.79 Å². The van der Waals surface area contributed by atoms with Gasteiger partial charge in [0.25, 0.3) is 5.91 Å². The molecule has 6 heteroatoms. The molecule has 26 heavy (non-hydrogen) atoms. The quantitative estimate of drug-likeness (QED) is 0.428. The maximum atomic E-state index is 12.5. The van der Waals surface area contributed by atoms with E-state index in [0.29, 0.717) is 16.3 Å². The highest BCUT2D eigenvalue weighted by Gasteiger charge is 2.11. The Labute approximate surface area is 163 Å². The lowest BCUT2D eigenvalue weighted by atomic mass is 10.1. The first-order valence-corrected chi connectivity index (χ1v) is 9.09. The van der Waals surface area contributed by atoms with Crippen LogP contribution in [-0.2, 0) is 0 Å². The Morgan fingerprint density at radius 3 is 2.58 bits per heavy atom. The number of benzene rings is 3. The summed E-state index contributed by atoms with van der Waals surface area (Å²) >= 11 is 9.63. The molecular weight excluding hydrogens is 414 g/mol. The zero-order valence-corrected chi connectivity index (χ0v) is 15.8. The number of hydrogen-bond donors (Lipinski definition) is 2. The van der Waals surface area contributed by atoms with E-state index < -0.39 is 0 Å². The second-order valence-electron chi connectivity index (χ2n) is 5.76. The van der Waals surface area contributed by atoms with Crippen molar-refractivity contribution in [2.75, 3.05) is 5.32 Å². The third-order valence-corrected chi connectivity index (χ3v) is 4.84. The number of para-hydroxylation sites is 2. The molecule has 0 aliphatic rings. The monoisotopic (exact) mass is 425 g/mol. The number of imidazole rings is 1. The van der Waals surface area contributed by atoms with Crippen molar-refractivity contribution < 1.29 is 4.79 Å². The molecule has 0 fully saturated rings. The topological polar surface area (TPSA) is 57.8 Å². The Bertz CT molecular complexity index is 1070. The van der Waals surface area contributed by atoms with Crippen molar-refractivity contribution in [1.82, 2.24) is 9.97 Å². The number of carbonyl (C=O) groups is 1. The Kier molecular flexibility index (Phi) is 4.49. The minimum absolute atomic E-state index is 0.221. The molecule has 0 unspecified atom stereocenters. The van der Waals surface area contributed by atoms with Gasteiger partial charge in [-0.05, 0) is 54.6 Å². The summed E-state index contributed by atoms with van der Waals surface area (Å²) in [5.74, 6) is 0.503. The Morgan fingerprint density at radius 2 is 1.81 bits per heavy atom. The van der Waals surface area contributed by atoms with Gasteiger partial charge < -0.3 is 10.3 Å². The van der Waals surface area contributed by atoms with E-state index in [4.69, 9.17) is 11.6 Å². The summed E-state index contributed by atoms with van der Waals surface area (Å²) in [6.07, 6.45) is 0. The fraction of sp³-hybridized carbons (Fsp3) is 0. The Balaban J connectivity index is 1.65. The van der Waals surface area contributed by atoms with Gasteiger partial charge in [0.1, 0.15) is 5.82 Å². The molecule has 0 saturated heterocycles. The van der Waals surface area contributed by atoms with Crippen LogP contribution in [0.15, 0.2) is 71.2 Å². The van der Waals surface area contributed by atoms with Crippen LogP contribution < -0.4 is 5.32 Å². The van der Waals surface area contributed by atoms with E-state index in [2.05, 4.69) is 31.2 Å². The minimum atomic E-state index is -0.221. The number of aromatic nitrogens is 2. The normalized spacial score (nSPS) is 10.8. The molecule has 0 saturated carbocycles. The highest BCUT2D eigenvalue weighted by molar-refractivity contribution is 9.10. The molecular formula is C20H13BrClN3O. The van der Waals surface area contributed by atoms with Crippen LogP contribution in [0.25, 0.3) is 22.4 Å². The molecule has 1 aromatic heterocycles. The lowest BCUT2D eigenvalue weighted by Crippen LogP contribution is -2.12. The number of fused-ring (bicyclic) bond motifs is 1. The second kappa shape index (κ2) is 6.94. The van der Waals surface area contributed by atoms with E-state index >= 15 is 0 Å². The zero-order chi connectivity index (χ0) is 18.1. The molecule has 0 bridgehead atoms. The number of halogens is 2. The van der Waals surface area contributed by atoms with E-state index in [9.17, 15) is 4.79 Å². The third kappa shape index (κ3) is 3.36. The molecule has 0 aliphatic carbocycles. The first-order valence-electron chi connectivity index (χ1n) is 7.92. The van der Waals surface area contributed by atoms with Crippen LogP contribution in [0, 0.1) is 0 Å². The molecule has 1 heterocycles. The van der Waals surface area contributed by atoms with Crippen molar-refractivity contribution in [2.45, 2.75) is 0 Å². The van der Waals surface area contributed by atoms with Crippen molar-refractivity contribution in [3.63, 3.8) is 0 Å². The van der Waals surface area contributed by atoms with Gasteiger partial charge in [-0.2, -0.15) is 0 Å². The number of nitrogens with zero attached hydrogens (tertiary/aromatic N) is 1. The molecule has 128 valence electrons. The number of nitrogens with one attached hydrogen (secondary N) is 2. The molecule has 0 atom stereocenters. The third-order valence-electron chi connectivity index (χ3n) is 3.98. The summed E-state index contributed by atoms with van der Waals surface area (Å²) in [5.41, 5.74) is 3.78. The Hall–Kier alpha value is -2.63. The number of H-pyrrole nitrogens is 1. The second-order valence-corrected chi connectivity index (χ2v) is 7.08. The van der Waals surface area contributed by atoms with Gasteiger partial charge in [0.15, 0.2) is 0 Å². The van der Waals surface area contributed by atoms with Crippen molar-refractivity contribution >= 4 is 50.2 Å². The van der Waals surface area contributed by atoms with Gasteiger partial charge in [0, 0.05) is 15.6 Å². The van der Waals surface area contributed by atoms with Crippen molar-refractivity contribution in [2.24, 2.45) is 0 Å². The van der Waals surface area contributed by atoms with E-state index in [1.165, 1.54) is 0 Å². The van der Waals surface area contributed by atoms with Crippen molar-refractivity contribution in [1.29, 1.82) is 0 Å². The highest BCUT2D eigenvalue weighted by Crippen LogP contribution is 2.29. The number of rotatable bonds is 3. The van der Waals surface area contributed by atoms with Gasteiger partial charge in [0.2, 0.25) is 0 Å². The van der Waals surface area contributed by atoms with E-state index in [1.807, 2.05) is 48.5 Å². The van der Waals surface area contributed by atoms with Crippen molar-refractivity contribution in [3.05, 3.63) is 81.8 Å². The molecule has 2 N–H and O–H groups in total. The van der Waals surface area contributed by atoms with Crippen LogP contribution >= 0.6 is 27.5 Å². The fourth-order valence-corrected chi connectivity index (χ4v) is 3.08. The molecule has 4 aromatic rings. The van der Waals surface area contributed by atoms with Gasteiger partial charge in [-0.25, -0.2) is 4.98 Å². The summed E-state index contributed by atoms with van der Waals surface area (Å²) in [6, 6.07) is 20.4. The number of aromatic amines is 1. The van der Waals surface area contributed by atoms with Crippen LogP contribution in [0.5, 0.6) is 0 Å². The molecule has 4 rings (SSSR count). The van der Waals surface area contributed by atoms with Gasteiger partial charge >= 0.3 is 0 Å². The number of amides is 1. The first kappa shape index (κ1) is 16.8. The number of anilines is 1. The smallest absolute Gasteiger partial charge is 0.255 e. The van der Waals surface area contributed by atoms with Crippen LogP contribution in [0.2, 0.25) is 5.02 Å². The van der Waals surface area contributed by atoms with Crippen LogP contribution in [0.3, 0.4) is 0 Å². The summed E-state index contributed by atoms with van der Waals surface area (Å²) in [7, 11) is 0. The van der Waals surface area contributed by atoms with Crippen molar-refractivity contribution in [3.8, 4) is 11.4 Å². The molecule has 0 spiro atoms. The van der Waals surface area contributed by atoms with Gasteiger partial charge in [-0.15, -0.1) is 0 Å². The average molecular weight is 427 g/mol. The first-order chi connectivity index (χ1) is 12.6. The van der Waals surface area contributed by atoms with E-state index in [0.717, 1.165) is 26.9 Å². The van der Waals surface area contributed by atoms with E-state index in [-0.39, 0.29) is 5.91 Å². The molecule has 1 amide bonds. The standard InChI is InChI=1S/C20H13BrClN3O/c21-14-8-5-12(6-9-14)20(26)25-18-11-13(7-10-15(18)22)19-23-16-3-1-2-4-17(16)24-19/h1-11H,(H,23,24)(H,25,26). The van der Waals surface area contributed by atoms with Gasteiger partial charge in [-0.1, -0.05) is 39.7 Å². The lowest BCUT2D eigenvalue weighted by Gasteiger charge is -2.09. The fourth-order valence-electron chi connectivity index (χ4n) is 2.65. The number of hydrogen-bond acceptors (Lipinski definition) is 2. The summed E-state index contributed by atoms with van der Waals surface area (Å²) in [4.78, 5) is 20.3. The SMILES string of the molecule is O=C(Nc1cc(-c2nc3ccccc3[nH]2)ccc1Cl)c1ccc(Br)cc1. The molecule has 4 nitrogen and oxygen atoms in total. The van der Waals surface area contributed by atoms with E-state index in [1.54, 1.807) is 18.2 Å². The maximum Gasteiger partial charge on any atom is 0.255 e. The zero-order valence-electron chi connectivity index (χ0n) is 13.5. The van der Waals surface area contributed by atoms with Crippen LogP contribution in [-0.4, -0.2) is 15.9 Å². The molecule has 3 aromatic carbocycles. The summed E-state index contributed by atoms with van der Waals surface area (Å²) in [5, 5.41) is 3.33. The molecule has 0 aliphatic heterocycles. The summed E-state index contributed by atoms with van der Waals surface area (Å²) < 4.78 is 0.916. The van der Waals surface area contributed by atoms with Crippen LogP contribution in [0.4, 0.5) is 5.69 Å². The Morgan fingerprint density at radius 1 is 1.04 bits per heavy atom. The molecule has 0 radical (unpaired) electrons. The van der Waals surface area contributed by atoms with Crippen LogP contribution in [0.1, 0.15) is 10.4 Å². The highest BCUT2D eigenvalue weighted by atomic mass is 79.9. The predicted octanol–water partition coefficient (Wildman–Crippen LogP) is 5.90.